The van der Waals surface area contributed by atoms with Gasteiger partial charge < -0.3 is 15.5 Å². The topological polar surface area (TPSA) is 66.6 Å². The molecule has 1 aliphatic heterocycles. The zero-order valence-corrected chi connectivity index (χ0v) is 12.4. The van der Waals surface area contributed by atoms with Crippen molar-refractivity contribution in [3.63, 3.8) is 0 Å². The first-order chi connectivity index (χ1) is 9.70. The maximum Gasteiger partial charge on any atom is 0.223 e. The Hall–Kier alpha value is -1.10. The maximum atomic E-state index is 12.3. The number of rotatable bonds is 4. The Morgan fingerprint density at radius 1 is 0.900 bits per heavy atom. The second-order valence-corrected chi connectivity index (χ2v) is 6.01. The molecule has 2 aliphatic rings. The normalized spacial score (nSPS) is 21.1. The van der Waals surface area contributed by atoms with Crippen LogP contribution >= 0.6 is 0 Å². The summed E-state index contributed by atoms with van der Waals surface area (Å²) in [5.41, 5.74) is 5.40. The van der Waals surface area contributed by atoms with Gasteiger partial charge in [0.25, 0.3) is 0 Å². The third-order valence-electron chi connectivity index (χ3n) is 4.53. The summed E-state index contributed by atoms with van der Waals surface area (Å²) in [6.07, 6.45) is 7.42. The molecule has 2 fully saturated rings. The van der Waals surface area contributed by atoms with Crippen molar-refractivity contribution in [1.29, 1.82) is 0 Å². The van der Waals surface area contributed by atoms with Crippen molar-refractivity contribution in [3.8, 4) is 0 Å². The number of nitrogens with two attached hydrogens (primary N) is 1. The van der Waals surface area contributed by atoms with Gasteiger partial charge in [0.2, 0.25) is 11.8 Å². The number of hydrogen-bond acceptors (Lipinski definition) is 3. The molecule has 1 heterocycles. The fraction of sp³-hybridized carbons (Fsp3) is 0.867. The lowest BCUT2D eigenvalue weighted by atomic mass is 9.86. The molecule has 0 aromatic rings. The summed E-state index contributed by atoms with van der Waals surface area (Å²) in [5.74, 6) is 0.989. The Balaban J connectivity index is 1.72. The molecule has 2 amide bonds. The molecule has 0 unspecified atom stereocenters. The zero-order chi connectivity index (χ0) is 14.4. The molecule has 0 spiro atoms. The highest BCUT2D eigenvalue weighted by molar-refractivity contribution is 5.78. The van der Waals surface area contributed by atoms with Crippen LogP contribution in [0.3, 0.4) is 0 Å². The molecular weight excluding hydrogens is 254 g/mol. The smallest absolute Gasteiger partial charge is 0.223 e. The second kappa shape index (κ2) is 7.62. The van der Waals surface area contributed by atoms with Crippen molar-refractivity contribution < 1.29 is 9.59 Å². The molecule has 0 atom stereocenters. The Morgan fingerprint density at radius 3 is 2.00 bits per heavy atom. The van der Waals surface area contributed by atoms with Crippen molar-refractivity contribution in [2.45, 2.75) is 44.9 Å². The molecule has 2 rings (SSSR count). The predicted molar refractivity (Wildman–Crippen MR) is 78.0 cm³/mol. The lowest BCUT2D eigenvalue weighted by molar-refractivity contribution is -0.140. The van der Waals surface area contributed by atoms with Gasteiger partial charge in [0.1, 0.15) is 0 Å². The predicted octanol–water partition coefficient (Wildman–Crippen LogP) is 0.976. The standard InChI is InChI=1S/C15H27N3O2/c16-7-6-14(19)17-8-10-18(11-9-17)15(20)12-13-4-2-1-3-5-13/h13H,1-12,16H2. The van der Waals surface area contributed by atoms with Crippen LogP contribution in [0.15, 0.2) is 0 Å². The number of amides is 2. The Bertz CT molecular complexity index is 332. The third kappa shape index (κ3) is 4.20. The lowest BCUT2D eigenvalue weighted by Gasteiger charge is -2.35. The highest BCUT2D eigenvalue weighted by Crippen LogP contribution is 2.27. The van der Waals surface area contributed by atoms with Crippen LogP contribution in [-0.2, 0) is 9.59 Å². The molecule has 114 valence electrons. The van der Waals surface area contributed by atoms with Crippen molar-refractivity contribution in [2.24, 2.45) is 11.7 Å². The number of nitrogens with zero attached hydrogens (tertiary/aromatic N) is 2. The average Bonchev–Trinajstić information content (AvgIpc) is 2.48. The Labute approximate surface area is 121 Å². The van der Waals surface area contributed by atoms with Crippen LogP contribution in [0.2, 0.25) is 0 Å². The largest absolute Gasteiger partial charge is 0.339 e. The third-order valence-corrected chi connectivity index (χ3v) is 4.53. The van der Waals surface area contributed by atoms with Crippen LogP contribution in [-0.4, -0.2) is 54.3 Å². The van der Waals surface area contributed by atoms with E-state index in [1.165, 1.54) is 32.1 Å². The van der Waals surface area contributed by atoms with E-state index in [1.54, 1.807) is 0 Å². The molecule has 1 aliphatic carbocycles. The van der Waals surface area contributed by atoms with E-state index in [4.69, 9.17) is 5.73 Å². The van der Waals surface area contributed by atoms with Crippen LogP contribution in [0.25, 0.3) is 0 Å². The molecule has 0 aromatic heterocycles. The first-order valence-electron chi connectivity index (χ1n) is 7.96. The van der Waals surface area contributed by atoms with Gasteiger partial charge in [-0.2, -0.15) is 0 Å². The summed E-state index contributed by atoms with van der Waals surface area (Å²) in [6.45, 7) is 3.09. The quantitative estimate of drug-likeness (QED) is 0.835. The summed E-state index contributed by atoms with van der Waals surface area (Å²) < 4.78 is 0. The molecular formula is C15H27N3O2. The summed E-state index contributed by atoms with van der Waals surface area (Å²) in [6, 6.07) is 0. The van der Waals surface area contributed by atoms with Gasteiger partial charge in [0.05, 0.1) is 0 Å². The van der Waals surface area contributed by atoms with Crippen molar-refractivity contribution >= 4 is 11.8 Å². The molecule has 0 bridgehead atoms. The van der Waals surface area contributed by atoms with Gasteiger partial charge in [0.15, 0.2) is 0 Å². The van der Waals surface area contributed by atoms with Gasteiger partial charge >= 0.3 is 0 Å². The molecule has 5 heteroatoms. The minimum Gasteiger partial charge on any atom is -0.339 e. The number of hydrogen-bond donors (Lipinski definition) is 1. The van der Waals surface area contributed by atoms with Gasteiger partial charge in [-0.1, -0.05) is 19.3 Å². The van der Waals surface area contributed by atoms with E-state index < -0.39 is 0 Å². The van der Waals surface area contributed by atoms with Crippen molar-refractivity contribution in [3.05, 3.63) is 0 Å². The highest BCUT2D eigenvalue weighted by atomic mass is 16.2. The lowest BCUT2D eigenvalue weighted by Crippen LogP contribution is -2.51. The molecule has 5 nitrogen and oxygen atoms in total. The van der Waals surface area contributed by atoms with Crippen LogP contribution in [0.1, 0.15) is 44.9 Å². The Kier molecular flexibility index (Phi) is 5.83. The van der Waals surface area contributed by atoms with Gasteiger partial charge in [-0.05, 0) is 18.8 Å². The number of carbonyl (C=O) groups is 2. The summed E-state index contributed by atoms with van der Waals surface area (Å²) in [4.78, 5) is 27.8. The molecule has 2 N–H and O–H groups in total. The molecule has 0 aromatic carbocycles. The van der Waals surface area contributed by atoms with Crippen LogP contribution in [0, 0.1) is 5.92 Å². The molecule has 20 heavy (non-hydrogen) atoms. The molecule has 1 saturated carbocycles. The zero-order valence-electron chi connectivity index (χ0n) is 12.4. The first-order valence-corrected chi connectivity index (χ1v) is 7.96. The number of piperazine rings is 1. The van der Waals surface area contributed by atoms with E-state index in [0.29, 0.717) is 51.5 Å². The minimum atomic E-state index is 0.117. The summed E-state index contributed by atoms with van der Waals surface area (Å²) in [5, 5.41) is 0. The molecule has 0 radical (unpaired) electrons. The van der Waals surface area contributed by atoms with E-state index in [9.17, 15) is 9.59 Å². The van der Waals surface area contributed by atoms with Crippen molar-refractivity contribution in [1.82, 2.24) is 9.80 Å². The fourth-order valence-electron chi connectivity index (χ4n) is 3.25. The number of carbonyl (C=O) groups excluding carboxylic acids is 2. The fourth-order valence-corrected chi connectivity index (χ4v) is 3.25. The SMILES string of the molecule is NCCC(=O)N1CCN(C(=O)CC2CCCCC2)CC1. The van der Waals surface area contributed by atoms with E-state index in [0.717, 1.165) is 0 Å². The summed E-state index contributed by atoms with van der Waals surface area (Å²) in [7, 11) is 0. The van der Waals surface area contributed by atoms with E-state index >= 15 is 0 Å². The molecule has 1 saturated heterocycles. The van der Waals surface area contributed by atoms with E-state index in [-0.39, 0.29) is 11.8 Å². The van der Waals surface area contributed by atoms with Crippen LogP contribution in [0.4, 0.5) is 0 Å². The maximum absolute atomic E-state index is 12.3. The summed E-state index contributed by atoms with van der Waals surface area (Å²) >= 11 is 0. The van der Waals surface area contributed by atoms with Gasteiger partial charge in [-0.15, -0.1) is 0 Å². The van der Waals surface area contributed by atoms with E-state index in [1.807, 2.05) is 9.80 Å². The first kappa shape index (κ1) is 15.3. The van der Waals surface area contributed by atoms with E-state index in [2.05, 4.69) is 0 Å². The van der Waals surface area contributed by atoms with Crippen LogP contribution < -0.4 is 5.73 Å². The van der Waals surface area contributed by atoms with Crippen molar-refractivity contribution in [2.75, 3.05) is 32.7 Å². The second-order valence-electron chi connectivity index (χ2n) is 6.01. The Morgan fingerprint density at radius 2 is 1.45 bits per heavy atom. The highest BCUT2D eigenvalue weighted by Gasteiger charge is 2.25. The average molecular weight is 281 g/mol. The van der Waals surface area contributed by atoms with Gasteiger partial charge in [0, 0.05) is 45.6 Å². The van der Waals surface area contributed by atoms with Gasteiger partial charge in [-0.3, -0.25) is 9.59 Å². The van der Waals surface area contributed by atoms with Gasteiger partial charge in [-0.25, -0.2) is 0 Å². The monoisotopic (exact) mass is 281 g/mol. The van der Waals surface area contributed by atoms with Crippen LogP contribution in [0.5, 0.6) is 0 Å². The minimum absolute atomic E-state index is 0.117.